The average molecular weight is 664 g/mol. The molecule has 4 amide bonds. The molecule has 3 atom stereocenters. The number of Topliss-reactive ketones (excluding diaryl/α,β-unsaturated/α-hetero) is 1. The third-order valence-corrected chi connectivity index (χ3v) is 7.84. The molecule has 0 radical (unpaired) electrons. The lowest BCUT2D eigenvalue weighted by Crippen LogP contribution is -2.54. The van der Waals surface area contributed by atoms with E-state index in [1.54, 1.807) is 20.8 Å². The van der Waals surface area contributed by atoms with Crippen LogP contribution < -0.4 is 27.5 Å². The Hall–Kier alpha value is -4.94. The van der Waals surface area contributed by atoms with Gasteiger partial charge in [0.15, 0.2) is 5.96 Å². The van der Waals surface area contributed by atoms with Gasteiger partial charge in [-0.3, -0.25) is 24.2 Å². The average Bonchev–Trinajstić information content (AvgIpc) is 3.05. The molecule has 1 saturated carbocycles. The summed E-state index contributed by atoms with van der Waals surface area (Å²) in [6.45, 7) is 5.65. The number of ether oxygens (including phenoxy) is 1. The zero-order valence-corrected chi connectivity index (χ0v) is 28.1. The van der Waals surface area contributed by atoms with E-state index in [0.29, 0.717) is 38.5 Å². The summed E-state index contributed by atoms with van der Waals surface area (Å²) in [7, 11) is 0. The number of nitrogens with one attached hydrogen (secondary N) is 3. The molecule has 0 unspecified atom stereocenters. The van der Waals surface area contributed by atoms with Crippen molar-refractivity contribution >= 4 is 35.6 Å². The van der Waals surface area contributed by atoms with Crippen molar-refractivity contribution in [2.24, 2.45) is 28.3 Å². The SMILES string of the molecule is CC(C)(C)OC(=O)NN(Cc1ccccc1)C(=O)[C@@H]1CCCC[C@H]1C(=O)N[C@@H](CCCN=C(N)N)C(=O)C(=O)NCCc1ccccc1. The Kier molecular flexibility index (Phi) is 14.4. The van der Waals surface area contributed by atoms with E-state index in [1.807, 2.05) is 60.7 Å². The van der Waals surface area contributed by atoms with Crippen LogP contribution in [0, 0.1) is 11.8 Å². The Morgan fingerprint density at radius 3 is 2.12 bits per heavy atom. The number of carbonyl (C=O) groups is 5. The minimum Gasteiger partial charge on any atom is -0.443 e. The smallest absolute Gasteiger partial charge is 0.426 e. The van der Waals surface area contributed by atoms with Crippen LogP contribution in [0.25, 0.3) is 0 Å². The molecule has 7 N–H and O–H groups in total. The summed E-state index contributed by atoms with van der Waals surface area (Å²) in [6, 6.07) is 17.5. The zero-order chi connectivity index (χ0) is 35.1. The van der Waals surface area contributed by atoms with Crippen molar-refractivity contribution in [2.75, 3.05) is 13.1 Å². The summed E-state index contributed by atoms with van der Waals surface area (Å²) in [5, 5.41) is 6.61. The van der Waals surface area contributed by atoms with E-state index in [-0.39, 0.29) is 32.0 Å². The van der Waals surface area contributed by atoms with Gasteiger partial charge in [0.25, 0.3) is 5.91 Å². The second-order valence-corrected chi connectivity index (χ2v) is 12.9. The van der Waals surface area contributed by atoms with Gasteiger partial charge in [-0.2, -0.15) is 0 Å². The first-order chi connectivity index (χ1) is 22.8. The van der Waals surface area contributed by atoms with Crippen molar-refractivity contribution in [3.8, 4) is 0 Å². The minimum atomic E-state index is -1.15. The summed E-state index contributed by atoms with van der Waals surface area (Å²) in [4.78, 5) is 70.9. The highest BCUT2D eigenvalue weighted by molar-refractivity contribution is 6.38. The molecule has 1 aliphatic rings. The summed E-state index contributed by atoms with van der Waals surface area (Å²) in [6.07, 6.45) is 2.37. The number of hydrazine groups is 1. The van der Waals surface area contributed by atoms with Crippen LogP contribution in [-0.4, -0.2) is 65.3 Å². The van der Waals surface area contributed by atoms with E-state index in [1.165, 1.54) is 5.01 Å². The number of nitrogens with zero attached hydrogens (tertiary/aromatic N) is 2. The van der Waals surface area contributed by atoms with Gasteiger partial charge >= 0.3 is 6.09 Å². The summed E-state index contributed by atoms with van der Waals surface area (Å²) in [5.41, 5.74) is 14.4. The third kappa shape index (κ3) is 12.7. The van der Waals surface area contributed by atoms with Crippen LogP contribution >= 0.6 is 0 Å². The topological polar surface area (TPSA) is 198 Å². The third-order valence-electron chi connectivity index (χ3n) is 7.84. The molecule has 2 aromatic rings. The second-order valence-electron chi connectivity index (χ2n) is 12.9. The highest BCUT2D eigenvalue weighted by atomic mass is 16.6. The number of hydrogen-bond acceptors (Lipinski definition) is 7. The Labute approximate surface area is 282 Å². The number of nitrogens with two attached hydrogens (primary N) is 2. The van der Waals surface area contributed by atoms with E-state index >= 15 is 0 Å². The van der Waals surface area contributed by atoms with Gasteiger partial charge < -0.3 is 26.8 Å². The van der Waals surface area contributed by atoms with E-state index in [4.69, 9.17) is 16.2 Å². The second kappa shape index (κ2) is 18.4. The summed E-state index contributed by atoms with van der Waals surface area (Å²) in [5.74, 6) is -4.25. The first-order valence-electron chi connectivity index (χ1n) is 16.4. The van der Waals surface area contributed by atoms with Crippen LogP contribution in [0.1, 0.15) is 70.4 Å². The molecule has 13 nitrogen and oxygen atoms in total. The van der Waals surface area contributed by atoms with Crippen LogP contribution in [0.5, 0.6) is 0 Å². The number of guanidine groups is 1. The lowest BCUT2D eigenvalue weighted by molar-refractivity contribution is -0.147. The van der Waals surface area contributed by atoms with Gasteiger partial charge in [0.1, 0.15) is 5.60 Å². The fraction of sp³-hybridized carbons (Fsp3) is 0.486. The van der Waals surface area contributed by atoms with Crippen molar-refractivity contribution in [1.29, 1.82) is 0 Å². The Balaban J connectivity index is 1.76. The highest BCUT2D eigenvalue weighted by Crippen LogP contribution is 2.32. The molecule has 0 aromatic heterocycles. The summed E-state index contributed by atoms with van der Waals surface area (Å²) < 4.78 is 5.41. The molecule has 48 heavy (non-hydrogen) atoms. The first-order valence-corrected chi connectivity index (χ1v) is 16.4. The number of hydrogen-bond donors (Lipinski definition) is 5. The maximum Gasteiger partial charge on any atom is 0.426 e. The lowest BCUT2D eigenvalue weighted by atomic mass is 9.77. The number of aliphatic imine (C=N–C) groups is 1. The largest absolute Gasteiger partial charge is 0.443 e. The highest BCUT2D eigenvalue weighted by Gasteiger charge is 2.40. The standard InChI is InChI=1S/C35H49N7O6/c1-35(2,3)48-34(47)41-42(23-25-15-8-5-9-16-25)32(46)27-18-11-10-17-26(27)30(44)40-28(19-12-21-39-33(36)37)29(43)31(45)38-22-20-24-13-6-4-7-14-24/h4-9,13-16,26-28H,10-12,17-23H2,1-3H3,(H,38,45)(H,40,44)(H,41,47)(H4,36,37,39)/t26-,27-,28+/m1/s1. The number of amides is 4. The molecule has 0 aliphatic heterocycles. The monoisotopic (exact) mass is 663 g/mol. The fourth-order valence-electron chi connectivity index (χ4n) is 5.55. The Bertz CT molecular complexity index is 1410. The number of benzene rings is 2. The number of ketones is 1. The van der Waals surface area contributed by atoms with Gasteiger partial charge in [0.2, 0.25) is 17.6 Å². The minimum absolute atomic E-state index is 0.0544. The molecule has 2 aromatic carbocycles. The molecular weight excluding hydrogens is 614 g/mol. The van der Waals surface area contributed by atoms with Crippen molar-refractivity contribution in [1.82, 2.24) is 21.1 Å². The number of rotatable bonds is 14. The molecule has 0 saturated heterocycles. The maximum absolute atomic E-state index is 14.1. The van der Waals surface area contributed by atoms with Gasteiger partial charge in [0, 0.05) is 19.0 Å². The van der Waals surface area contributed by atoms with Gasteiger partial charge in [-0.25, -0.2) is 15.2 Å². The van der Waals surface area contributed by atoms with E-state index in [9.17, 15) is 24.0 Å². The quantitative estimate of drug-likeness (QED) is 0.0668. The zero-order valence-electron chi connectivity index (χ0n) is 28.1. The van der Waals surface area contributed by atoms with Crippen molar-refractivity contribution in [3.63, 3.8) is 0 Å². The van der Waals surface area contributed by atoms with E-state index in [2.05, 4.69) is 21.1 Å². The van der Waals surface area contributed by atoms with Gasteiger partial charge in [-0.05, 0) is 64.0 Å². The molecule has 260 valence electrons. The predicted octanol–water partition coefficient (Wildman–Crippen LogP) is 2.73. The molecule has 0 bridgehead atoms. The molecule has 1 fully saturated rings. The summed E-state index contributed by atoms with van der Waals surface area (Å²) >= 11 is 0. The molecule has 0 heterocycles. The van der Waals surface area contributed by atoms with Crippen molar-refractivity contribution in [2.45, 2.75) is 83.9 Å². The molecule has 1 aliphatic carbocycles. The van der Waals surface area contributed by atoms with E-state index < -0.39 is 53.1 Å². The van der Waals surface area contributed by atoms with Crippen LogP contribution in [0.4, 0.5) is 4.79 Å². The van der Waals surface area contributed by atoms with Crippen LogP contribution in [0.2, 0.25) is 0 Å². The Morgan fingerprint density at radius 2 is 1.52 bits per heavy atom. The van der Waals surface area contributed by atoms with Crippen LogP contribution in [0.3, 0.4) is 0 Å². The molecule has 0 spiro atoms. The molecule has 13 heteroatoms. The molecular formula is C35H49N7O6. The van der Waals surface area contributed by atoms with Crippen molar-refractivity contribution < 1.29 is 28.7 Å². The Morgan fingerprint density at radius 1 is 0.917 bits per heavy atom. The van der Waals surface area contributed by atoms with Crippen LogP contribution in [-0.2, 0) is 36.9 Å². The molecule has 3 rings (SSSR count). The van der Waals surface area contributed by atoms with Gasteiger partial charge in [-0.1, -0.05) is 73.5 Å². The fourth-order valence-corrected chi connectivity index (χ4v) is 5.55. The lowest BCUT2D eigenvalue weighted by Gasteiger charge is -2.35. The van der Waals surface area contributed by atoms with Gasteiger partial charge in [0.05, 0.1) is 18.5 Å². The van der Waals surface area contributed by atoms with Crippen molar-refractivity contribution in [3.05, 3.63) is 71.8 Å². The number of carbonyl (C=O) groups excluding carboxylic acids is 5. The normalized spacial score (nSPS) is 16.5. The maximum atomic E-state index is 14.1. The van der Waals surface area contributed by atoms with Crippen LogP contribution in [0.15, 0.2) is 65.7 Å². The van der Waals surface area contributed by atoms with E-state index in [0.717, 1.165) is 11.1 Å². The predicted molar refractivity (Wildman–Crippen MR) is 182 cm³/mol. The first kappa shape index (κ1) is 37.5. The van der Waals surface area contributed by atoms with Gasteiger partial charge in [-0.15, -0.1) is 0 Å².